The first-order chi connectivity index (χ1) is 11.2. The van der Waals surface area contributed by atoms with Crippen LogP contribution in [-0.4, -0.2) is 79.8 Å². The number of likely N-dealkylation sites (N-methyl/N-ethyl adjacent to an activating group) is 1. The van der Waals surface area contributed by atoms with Gasteiger partial charge in [-0.05, 0) is 19.2 Å². The van der Waals surface area contributed by atoms with Crippen LogP contribution in [-0.2, 0) is 4.74 Å². The van der Waals surface area contributed by atoms with Crippen LogP contribution in [0.4, 0.5) is 0 Å². The second-order valence-corrected chi connectivity index (χ2v) is 6.22. The summed E-state index contributed by atoms with van der Waals surface area (Å²) in [5.74, 6) is 0.734. The van der Waals surface area contributed by atoms with E-state index >= 15 is 0 Å². The van der Waals surface area contributed by atoms with Crippen molar-refractivity contribution in [1.82, 2.24) is 14.8 Å². The summed E-state index contributed by atoms with van der Waals surface area (Å²) in [5.41, 5.74) is 5.85. The van der Waals surface area contributed by atoms with Gasteiger partial charge in [-0.15, -0.1) is 24.8 Å². The second-order valence-electron chi connectivity index (χ2n) is 6.22. The SMILES string of the molecule is CN1C[C@@H]2COC[C@H](C1)N(C(=O)c1ncccc1OCCN)C2.Cl.Cl. The van der Waals surface area contributed by atoms with E-state index in [4.69, 9.17) is 15.2 Å². The van der Waals surface area contributed by atoms with Crippen molar-refractivity contribution in [1.29, 1.82) is 0 Å². The maximum atomic E-state index is 13.1. The molecule has 1 aromatic heterocycles. The van der Waals surface area contributed by atoms with E-state index in [1.807, 2.05) is 4.90 Å². The van der Waals surface area contributed by atoms with Crippen LogP contribution >= 0.6 is 24.8 Å². The van der Waals surface area contributed by atoms with E-state index in [2.05, 4.69) is 16.9 Å². The molecule has 3 heterocycles. The Balaban J connectivity index is 0.00000156. The van der Waals surface area contributed by atoms with Gasteiger partial charge in [-0.25, -0.2) is 4.98 Å². The number of hydrogen-bond donors (Lipinski definition) is 1. The average molecular weight is 393 g/mol. The zero-order valence-electron chi connectivity index (χ0n) is 14.3. The molecule has 0 unspecified atom stereocenters. The topological polar surface area (TPSA) is 80.9 Å². The fourth-order valence-electron chi connectivity index (χ4n) is 3.30. The zero-order valence-corrected chi connectivity index (χ0v) is 15.9. The molecule has 3 rings (SSSR count). The van der Waals surface area contributed by atoms with Crippen molar-refractivity contribution in [2.75, 3.05) is 53.0 Å². The Morgan fingerprint density at radius 1 is 1.36 bits per heavy atom. The van der Waals surface area contributed by atoms with Gasteiger partial charge in [0.15, 0.2) is 11.4 Å². The number of rotatable bonds is 4. The second kappa shape index (κ2) is 10.1. The molecular weight excluding hydrogens is 367 g/mol. The molecule has 7 nitrogen and oxygen atoms in total. The van der Waals surface area contributed by atoms with E-state index in [9.17, 15) is 4.79 Å². The van der Waals surface area contributed by atoms with Crippen molar-refractivity contribution in [3.63, 3.8) is 0 Å². The van der Waals surface area contributed by atoms with Gasteiger partial charge in [0.25, 0.3) is 5.91 Å². The maximum Gasteiger partial charge on any atom is 0.276 e. The highest BCUT2D eigenvalue weighted by molar-refractivity contribution is 5.95. The minimum atomic E-state index is -0.0894. The first kappa shape index (κ1) is 21.9. The number of carbonyl (C=O) groups excluding carboxylic acids is 1. The fourth-order valence-corrected chi connectivity index (χ4v) is 3.30. The summed E-state index contributed by atoms with van der Waals surface area (Å²) in [5, 5.41) is 0. The molecule has 142 valence electrons. The van der Waals surface area contributed by atoms with Gasteiger partial charge in [0.2, 0.25) is 0 Å². The maximum absolute atomic E-state index is 13.1. The Morgan fingerprint density at radius 3 is 2.92 bits per heavy atom. The lowest BCUT2D eigenvalue weighted by Crippen LogP contribution is -2.46. The third-order valence-corrected chi connectivity index (χ3v) is 4.26. The largest absolute Gasteiger partial charge is 0.490 e. The van der Waals surface area contributed by atoms with Crippen molar-refractivity contribution in [3.05, 3.63) is 24.0 Å². The molecular formula is C16H26Cl2N4O3. The molecule has 2 fully saturated rings. The lowest BCUT2D eigenvalue weighted by atomic mass is 10.1. The van der Waals surface area contributed by atoms with Crippen molar-refractivity contribution in [2.24, 2.45) is 11.7 Å². The highest BCUT2D eigenvalue weighted by Gasteiger charge is 2.36. The van der Waals surface area contributed by atoms with Crippen LogP contribution in [0.1, 0.15) is 10.5 Å². The first-order valence-electron chi connectivity index (χ1n) is 8.04. The summed E-state index contributed by atoms with van der Waals surface area (Å²) in [6, 6.07) is 3.58. The van der Waals surface area contributed by atoms with Crippen LogP contribution in [0.2, 0.25) is 0 Å². The fraction of sp³-hybridized carbons (Fsp3) is 0.625. The van der Waals surface area contributed by atoms with E-state index in [0.717, 1.165) is 13.1 Å². The molecule has 0 saturated carbocycles. The van der Waals surface area contributed by atoms with Gasteiger partial charge in [-0.3, -0.25) is 4.79 Å². The van der Waals surface area contributed by atoms with Crippen LogP contribution in [0.15, 0.2) is 18.3 Å². The first-order valence-corrected chi connectivity index (χ1v) is 8.04. The number of ether oxygens (including phenoxy) is 2. The molecule has 2 bridgehead atoms. The van der Waals surface area contributed by atoms with E-state index in [-0.39, 0.29) is 36.8 Å². The van der Waals surface area contributed by atoms with E-state index in [0.29, 0.717) is 50.3 Å². The Hall–Kier alpha value is -1.12. The third kappa shape index (κ3) is 5.18. The lowest BCUT2D eigenvalue weighted by Gasteiger charge is -2.29. The molecule has 1 aromatic rings. The van der Waals surface area contributed by atoms with Crippen molar-refractivity contribution < 1.29 is 14.3 Å². The predicted octanol–water partition coefficient (Wildman–Crippen LogP) is 0.665. The van der Waals surface area contributed by atoms with E-state index in [1.54, 1.807) is 18.3 Å². The summed E-state index contributed by atoms with van der Waals surface area (Å²) in [7, 11) is 2.09. The normalized spacial score (nSPS) is 23.0. The molecule has 0 aliphatic carbocycles. The van der Waals surface area contributed by atoms with Crippen molar-refractivity contribution in [3.8, 4) is 5.75 Å². The summed E-state index contributed by atoms with van der Waals surface area (Å²) in [6.45, 7) is 4.48. The molecule has 1 amide bonds. The average Bonchev–Trinajstić information content (AvgIpc) is 2.82. The Bertz CT molecular complexity index is 564. The van der Waals surface area contributed by atoms with Crippen molar-refractivity contribution >= 4 is 30.7 Å². The van der Waals surface area contributed by atoms with Crippen LogP contribution in [0.25, 0.3) is 0 Å². The quantitative estimate of drug-likeness (QED) is 0.810. The summed E-state index contributed by atoms with van der Waals surface area (Å²) in [4.78, 5) is 21.5. The monoisotopic (exact) mass is 392 g/mol. The number of nitrogens with zero attached hydrogens (tertiary/aromatic N) is 3. The van der Waals surface area contributed by atoms with Crippen LogP contribution < -0.4 is 10.5 Å². The zero-order chi connectivity index (χ0) is 16.2. The lowest BCUT2D eigenvalue weighted by molar-refractivity contribution is 0.0478. The number of aromatic nitrogens is 1. The molecule has 25 heavy (non-hydrogen) atoms. The number of nitrogens with two attached hydrogens (primary N) is 1. The number of pyridine rings is 1. The van der Waals surface area contributed by atoms with Crippen LogP contribution in [0, 0.1) is 5.92 Å². The molecule has 2 atom stereocenters. The molecule has 2 aliphatic rings. The molecule has 9 heteroatoms. The number of fused-ring (bicyclic) bond motifs is 3. The number of amides is 1. The Morgan fingerprint density at radius 2 is 2.16 bits per heavy atom. The van der Waals surface area contributed by atoms with Gasteiger partial charge >= 0.3 is 0 Å². The van der Waals surface area contributed by atoms with E-state index < -0.39 is 0 Å². The molecule has 0 spiro atoms. The summed E-state index contributed by atoms with van der Waals surface area (Å²) in [6.07, 6.45) is 1.62. The van der Waals surface area contributed by atoms with E-state index in [1.165, 1.54) is 0 Å². The minimum absolute atomic E-state index is 0. The Kier molecular flexibility index (Phi) is 8.88. The smallest absolute Gasteiger partial charge is 0.276 e. The minimum Gasteiger partial charge on any atom is -0.490 e. The molecule has 2 N–H and O–H groups in total. The van der Waals surface area contributed by atoms with Gasteiger partial charge in [0.1, 0.15) is 6.61 Å². The van der Waals surface area contributed by atoms with Gasteiger partial charge in [-0.1, -0.05) is 0 Å². The summed E-state index contributed by atoms with van der Waals surface area (Å²) >= 11 is 0. The summed E-state index contributed by atoms with van der Waals surface area (Å²) < 4.78 is 11.3. The number of halogens is 2. The van der Waals surface area contributed by atoms with Crippen LogP contribution in [0.3, 0.4) is 0 Å². The Labute approximate surface area is 160 Å². The highest BCUT2D eigenvalue weighted by Crippen LogP contribution is 2.24. The number of carbonyl (C=O) groups is 1. The molecule has 2 saturated heterocycles. The van der Waals surface area contributed by atoms with Gasteiger partial charge < -0.3 is 25.0 Å². The highest BCUT2D eigenvalue weighted by atomic mass is 35.5. The van der Waals surface area contributed by atoms with Gasteiger partial charge in [0.05, 0.1) is 19.3 Å². The predicted molar refractivity (Wildman–Crippen MR) is 99.9 cm³/mol. The molecule has 0 radical (unpaired) electrons. The van der Waals surface area contributed by atoms with Gasteiger partial charge in [-0.2, -0.15) is 0 Å². The standard InChI is InChI=1S/C16H24N4O3.2ClH/c1-19-7-12-8-20(13(9-19)11-22-10-12)16(21)15-14(23-6-4-17)3-2-5-18-15;;/h2-3,5,12-13H,4,6-11,17H2,1H3;2*1H/t12-,13-;;/m0../s1. The van der Waals surface area contributed by atoms with Gasteiger partial charge in [0, 0.05) is 38.3 Å². The van der Waals surface area contributed by atoms with Crippen LogP contribution in [0.5, 0.6) is 5.75 Å². The molecule has 2 aliphatic heterocycles. The molecule has 0 aromatic carbocycles. The third-order valence-electron chi connectivity index (χ3n) is 4.26. The van der Waals surface area contributed by atoms with Crippen molar-refractivity contribution in [2.45, 2.75) is 6.04 Å². The number of hydrogen-bond acceptors (Lipinski definition) is 6.